The molecule has 32 heavy (non-hydrogen) atoms. The van der Waals surface area contributed by atoms with Crippen LogP contribution in [0.15, 0.2) is 51.2 Å². The maximum atomic E-state index is 13.0. The number of halogens is 3. The molecule has 0 atom stereocenters. The summed E-state index contributed by atoms with van der Waals surface area (Å²) in [5.74, 6) is -1.26. The average molecular weight is 488 g/mol. The van der Waals surface area contributed by atoms with Gasteiger partial charge in [0.25, 0.3) is 15.7 Å². The quantitative estimate of drug-likeness (QED) is 0.396. The summed E-state index contributed by atoms with van der Waals surface area (Å²) in [7, 11) is -3.84. The van der Waals surface area contributed by atoms with Crippen molar-refractivity contribution < 1.29 is 31.0 Å². The first-order valence-corrected chi connectivity index (χ1v) is 11.4. The summed E-state index contributed by atoms with van der Waals surface area (Å²) in [5.41, 5.74) is 0.627. The fourth-order valence-corrected chi connectivity index (χ4v) is 6.06. The first-order chi connectivity index (χ1) is 15.1. The predicted octanol–water partition coefficient (Wildman–Crippen LogP) is 3.84. The molecule has 0 aliphatic carbocycles. The predicted molar refractivity (Wildman–Crippen MR) is 109 cm³/mol. The number of alkyl halides is 3. The van der Waals surface area contributed by atoms with Gasteiger partial charge < -0.3 is 9.42 Å². The standard InChI is InChI=1S/C18H15F3N4O5S2/c19-18(20,21)16-11-14(22-30-16)15-5-6-17(31-15)32(28,29)24-9-7-23(8-10-24)12-1-3-13(4-2-12)25(26)27/h1-6,11H,7-10H2. The second-order valence-electron chi connectivity index (χ2n) is 6.86. The molecule has 0 unspecified atom stereocenters. The maximum Gasteiger partial charge on any atom is 0.452 e. The Bertz CT molecular complexity index is 1230. The third kappa shape index (κ3) is 4.33. The summed E-state index contributed by atoms with van der Waals surface area (Å²) in [6.45, 7) is 1.14. The summed E-state index contributed by atoms with van der Waals surface area (Å²) in [4.78, 5) is 12.4. The molecule has 0 N–H and O–H groups in total. The van der Waals surface area contributed by atoms with Gasteiger partial charge in [0.2, 0.25) is 5.76 Å². The Hall–Kier alpha value is -2.97. The highest BCUT2D eigenvalue weighted by molar-refractivity contribution is 7.91. The molecule has 9 nitrogen and oxygen atoms in total. The fourth-order valence-electron chi connectivity index (χ4n) is 3.22. The van der Waals surface area contributed by atoms with Gasteiger partial charge in [0.15, 0.2) is 0 Å². The Morgan fingerprint density at radius 2 is 1.72 bits per heavy atom. The van der Waals surface area contributed by atoms with Crippen LogP contribution in [-0.2, 0) is 16.2 Å². The van der Waals surface area contributed by atoms with Crippen molar-refractivity contribution in [3.63, 3.8) is 0 Å². The lowest BCUT2D eigenvalue weighted by Gasteiger charge is -2.35. The minimum absolute atomic E-state index is 0.00663. The van der Waals surface area contributed by atoms with Gasteiger partial charge in [-0.3, -0.25) is 10.1 Å². The number of nitro benzene ring substituents is 1. The van der Waals surface area contributed by atoms with E-state index in [1.165, 1.54) is 28.6 Å². The lowest BCUT2D eigenvalue weighted by molar-refractivity contribution is -0.384. The molecule has 0 amide bonds. The average Bonchev–Trinajstić information content (AvgIpc) is 3.44. The molecular weight excluding hydrogens is 473 g/mol. The van der Waals surface area contributed by atoms with Gasteiger partial charge >= 0.3 is 6.18 Å². The first kappa shape index (κ1) is 22.2. The van der Waals surface area contributed by atoms with Gasteiger partial charge in [-0.15, -0.1) is 11.3 Å². The summed E-state index contributed by atoms with van der Waals surface area (Å²) < 4.78 is 69.6. The van der Waals surface area contributed by atoms with E-state index in [1.54, 1.807) is 12.1 Å². The van der Waals surface area contributed by atoms with Crippen molar-refractivity contribution in [1.29, 1.82) is 0 Å². The number of sulfonamides is 1. The molecule has 0 bridgehead atoms. The number of thiophene rings is 1. The van der Waals surface area contributed by atoms with E-state index in [2.05, 4.69) is 9.68 Å². The zero-order valence-electron chi connectivity index (χ0n) is 16.2. The molecule has 0 spiro atoms. The number of piperazine rings is 1. The van der Waals surface area contributed by atoms with Crippen molar-refractivity contribution in [1.82, 2.24) is 9.46 Å². The summed E-state index contributed by atoms with van der Waals surface area (Å²) in [6, 6.07) is 9.45. The van der Waals surface area contributed by atoms with Crippen LogP contribution in [-0.4, -0.2) is 49.0 Å². The molecule has 0 saturated carbocycles. The van der Waals surface area contributed by atoms with Crippen LogP contribution in [0.3, 0.4) is 0 Å². The van der Waals surface area contributed by atoms with Gasteiger partial charge in [-0.25, -0.2) is 8.42 Å². The van der Waals surface area contributed by atoms with E-state index in [4.69, 9.17) is 0 Å². The molecule has 1 saturated heterocycles. The molecule has 1 aliphatic heterocycles. The zero-order valence-corrected chi connectivity index (χ0v) is 17.8. The second kappa shape index (κ2) is 8.18. The molecule has 1 aromatic carbocycles. The van der Waals surface area contributed by atoms with Crippen molar-refractivity contribution in [2.45, 2.75) is 10.4 Å². The van der Waals surface area contributed by atoms with Crippen LogP contribution in [0.5, 0.6) is 0 Å². The van der Waals surface area contributed by atoms with Crippen molar-refractivity contribution in [2.75, 3.05) is 31.1 Å². The van der Waals surface area contributed by atoms with Crippen molar-refractivity contribution >= 4 is 32.7 Å². The number of nitrogens with zero attached hydrogens (tertiary/aromatic N) is 4. The molecule has 1 aliphatic rings. The highest BCUT2D eigenvalue weighted by atomic mass is 32.2. The summed E-state index contributed by atoms with van der Waals surface area (Å²) in [5, 5.41) is 14.2. The third-order valence-electron chi connectivity index (χ3n) is 4.88. The van der Waals surface area contributed by atoms with E-state index in [0.717, 1.165) is 23.1 Å². The smallest absolute Gasteiger partial charge is 0.369 e. The summed E-state index contributed by atoms with van der Waals surface area (Å²) in [6.07, 6.45) is -4.68. The first-order valence-electron chi connectivity index (χ1n) is 9.19. The molecule has 4 rings (SSSR count). The second-order valence-corrected chi connectivity index (χ2v) is 10.1. The van der Waals surface area contributed by atoms with Crippen LogP contribution >= 0.6 is 11.3 Å². The van der Waals surface area contributed by atoms with Crippen LogP contribution in [0.4, 0.5) is 24.5 Å². The molecule has 170 valence electrons. The SMILES string of the molecule is O=[N+]([O-])c1ccc(N2CCN(S(=O)(=O)c3ccc(-c4cc(C(F)(F)F)on4)s3)CC2)cc1. The number of rotatable bonds is 5. The van der Waals surface area contributed by atoms with E-state index in [9.17, 15) is 31.7 Å². The molecule has 1 fully saturated rings. The van der Waals surface area contributed by atoms with Gasteiger partial charge in [-0.2, -0.15) is 17.5 Å². The number of anilines is 1. The Balaban J connectivity index is 1.45. The van der Waals surface area contributed by atoms with Gasteiger partial charge in [-0.1, -0.05) is 5.16 Å². The van der Waals surface area contributed by atoms with Crippen LogP contribution in [0, 0.1) is 10.1 Å². The number of hydrogen-bond donors (Lipinski definition) is 0. The minimum atomic E-state index is -4.68. The van der Waals surface area contributed by atoms with Crippen LogP contribution in [0.2, 0.25) is 0 Å². The Morgan fingerprint density at radius 3 is 2.28 bits per heavy atom. The summed E-state index contributed by atoms with van der Waals surface area (Å²) >= 11 is 0.815. The largest absolute Gasteiger partial charge is 0.452 e. The van der Waals surface area contributed by atoms with Gasteiger partial charge in [0.05, 0.1) is 9.80 Å². The number of non-ortho nitro benzene ring substituents is 1. The van der Waals surface area contributed by atoms with E-state index in [0.29, 0.717) is 13.1 Å². The Morgan fingerprint density at radius 1 is 1.06 bits per heavy atom. The van der Waals surface area contributed by atoms with Gasteiger partial charge in [0.1, 0.15) is 9.90 Å². The van der Waals surface area contributed by atoms with Crippen LogP contribution in [0.1, 0.15) is 5.76 Å². The molecule has 2 aromatic heterocycles. The van der Waals surface area contributed by atoms with Crippen molar-refractivity contribution in [3.05, 3.63) is 58.3 Å². The number of nitro groups is 1. The van der Waals surface area contributed by atoms with Crippen molar-refractivity contribution in [3.8, 4) is 10.6 Å². The molecule has 3 heterocycles. The van der Waals surface area contributed by atoms with Crippen molar-refractivity contribution in [2.24, 2.45) is 0 Å². The van der Waals surface area contributed by atoms with E-state index < -0.39 is 26.9 Å². The molecule has 14 heteroatoms. The fraction of sp³-hybridized carbons (Fsp3) is 0.278. The van der Waals surface area contributed by atoms with Gasteiger partial charge in [0, 0.05) is 50.1 Å². The molecular formula is C18H15F3N4O5S2. The van der Waals surface area contributed by atoms with Gasteiger partial charge in [-0.05, 0) is 24.3 Å². The topological polar surface area (TPSA) is 110 Å². The lowest BCUT2D eigenvalue weighted by atomic mass is 10.2. The number of aromatic nitrogens is 1. The van der Waals surface area contributed by atoms with Crippen LogP contribution in [0.25, 0.3) is 10.6 Å². The zero-order chi connectivity index (χ0) is 23.1. The monoisotopic (exact) mass is 488 g/mol. The minimum Gasteiger partial charge on any atom is -0.369 e. The highest BCUT2D eigenvalue weighted by Crippen LogP contribution is 2.36. The molecule has 0 radical (unpaired) electrons. The van der Waals surface area contributed by atoms with E-state index in [1.807, 2.05) is 4.90 Å². The van der Waals surface area contributed by atoms with Crippen LogP contribution < -0.4 is 4.90 Å². The molecule has 3 aromatic rings. The Labute approximate surface area is 183 Å². The van der Waals surface area contributed by atoms with E-state index in [-0.39, 0.29) is 33.6 Å². The highest BCUT2D eigenvalue weighted by Gasteiger charge is 2.36. The Kier molecular flexibility index (Phi) is 5.68. The normalized spacial score (nSPS) is 15.8. The number of benzene rings is 1. The third-order valence-corrected chi connectivity index (χ3v) is 8.36. The van der Waals surface area contributed by atoms with E-state index >= 15 is 0 Å². The number of hydrogen-bond acceptors (Lipinski definition) is 8. The maximum absolute atomic E-state index is 13.0. The lowest BCUT2D eigenvalue weighted by Crippen LogP contribution is -2.48.